The molecule has 19 heavy (non-hydrogen) atoms. The molecule has 1 atom stereocenters. The van der Waals surface area contributed by atoms with Crippen molar-refractivity contribution in [3.8, 4) is 0 Å². The van der Waals surface area contributed by atoms with Crippen molar-refractivity contribution in [1.29, 1.82) is 0 Å². The summed E-state index contributed by atoms with van der Waals surface area (Å²) in [4.78, 5) is 20.7. The van der Waals surface area contributed by atoms with Crippen LogP contribution in [0.1, 0.15) is 28.9 Å². The molecule has 0 saturated carbocycles. The Morgan fingerprint density at radius 1 is 1.58 bits per heavy atom. The van der Waals surface area contributed by atoms with Crippen LogP contribution < -0.4 is 10.6 Å². The number of likely N-dealkylation sites (tertiary alicyclic amines) is 1. The van der Waals surface area contributed by atoms with Gasteiger partial charge in [-0.2, -0.15) is 0 Å². The van der Waals surface area contributed by atoms with Gasteiger partial charge in [0.1, 0.15) is 10.7 Å². The van der Waals surface area contributed by atoms with E-state index in [2.05, 4.69) is 4.98 Å². The van der Waals surface area contributed by atoms with Gasteiger partial charge in [0.05, 0.1) is 12.6 Å². The van der Waals surface area contributed by atoms with Crippen LogP contribution in [0.2, 0.25) is 0 Å². The van der Waals surface area contributed by atoms with Crippen molar-refractivity contribution >= 4 is 28.2 Å². The van der Waals surface area contributed by atoms with E-state index in [-0.39, 0.29) is 24.4 Å². The van der Waals surface area contributed by atoms with Crippen molar-refractivity contribution in [3.63, 3.8) is 0 Å². The molecule has 1 amide bonds. The van der Waals surface area contributed by atoms with Gasteiger partial charge in [-0.1, -0.05) is 11.3 Å². The summed E-state index contributed by atoms with van der Waals surface area (Å²) >= 11 is 1.30. The predicted octanol–water partition coefficient (Wildman–Crippen LogP) is 0.778. The summed E-state index contributed by atoms with van der Waals surface area (Å²) in [5.41, 5.74) is 5.84. The van der Waals surface area contributed by atoms with E-state index in [1.54, 1.807) is 4.90 Å². The Morgan fingerprint density at radius 2 is 2.32 bits per heavy atom. The van der Waals surface area contributed by atoms with Crippen LogP contribution in [0.5, 0.6) is 0 Å². The monoisotopic (exact) mass is 284 g/mol. The minimum absolute atomic E-state index is 0.00495. The van der Waals surface area contributed by atoms with E-state index in [4.69, 9.17) is 5.73 Å². The van der Waals surface area contributed by atoms with Gasteiger partial charge in [0.2, 0.25) is 0 Å². The summed E-state index contributed by atoms with van der Waals surface area (Å²) in [6.45, 7) is 0.684. The number of nitrogen functional groups attached to an aromatic ring is 1. The molecular formula is C12H20N4O2S. The zero-order valence-electron chi connectivity index (χ0n) is 11.3. The van der Waals surface area contributed by atoms with Gasteiger partial charge in [-0.15, -0.1) is 0 Å². The second-order valence-electron chi connectivity index (χ2n) is 4.94. The number of rotatable bonds is 3. The van der Waals surface area contributed by atoms with E-state index in [1.165, 1.54) is 11.3 Å². The van der Waals surface area contributed by atoms with E-state index in [9.17, 15) is 9.90 Å². The van der Waals surface area contributed by atoms with Gasteiger partial charge in [0.25, 0.3) is 5.91 Å². The van der Waals surface area contributed by atoms with Gasteiger partial charge in [-0.05, 0) is 19.3 Å². The quantitative estimate of drug-likeness (QED) is 0.857. The second kappa shape index (κ2) is 5.75. The minimum Gasteiger partial charge on any atom is -0.394 e. The maximum Gasteiger partial charge on any atom is 0.268 e. The van der Waals surface area contributed by atoms with Crippen molar-refractivity contribution in [1.82, 2.24) is 9.88 Å². The molecule has 3 N–H and O–H groups in total. The zero-order valence-corrected chi connectivity index (χ0v) is 12.1. The van der Waals surface area contributed by atoms with Gasteiger partial charge in [0, 0.05) is 20.6 Å². The molecule has 1 aliphatic rings. The summed E-state index contributed by atoms with van der Waals surface area (Å²) in [5.74, 6) is 0.169. The van der Waals surface area contributed by atoms with E-state index in [1.807, 2.05) is 19.0 Å². The number of piperidine rings is 1. The van der Waals surface area contributed by atoms with Gasteiger partial charge in [-0.3, -0.25) is 4.79 Å². The van der Waals surface area contributed by atoms with E-state index >= 15 is 0 Å². The van der Waals surface area contributed by atoms with Gasteiger partial charge < -0.3 is 20.6 Å². The summed E-state index contributed by atoms with van der Waals surface area (Å²) in [6, 6.07) is -0.0921. The van der Waals surface area contributed by atoms with Crippen molar-refractivity contribution < 1.29 is 9.90 Å². The van der Waals surface area contributed by atoms with Crippen LogP contribution in [0.15, 0.2) is 0 Å². The van der Waals surface area contributed by atoms with Gasteiger partial charge in [-0.25, -0.2) is 4.98 Å². The molecule has 2 heterocycles. The molecule has 7 heteroatoms. The highest BCUT2D eigenvalue weighted by atomic mass is 32.1. The number of carbonyl (C=O) groups is 1. The number of nitrogens with two attached hydrogens (primary N) is 1. The maximum atomic E-state index is 12.5. The highest BCUT2D eigenvalue weighted by Gasteiger charge is 2.29. The van der Waals surface area contributed by atoms with Crippen LogP contribution in [0.25, 0.3) is 0 Å². The van der Waals surface area contributed by atoms with Gasteiger partial charge in [0.15, 0.2) is 5.13 Å². The van der Waals surface area contributed by atoms with E-state index < -0.39 is 0 Å². The van der Waals surface area contributed by atoms with Crippen LogP contribution in [0, 0.1) is 0 Å². The van der Waals surface area contributed by atoms with Crippen LogP contribution >= 0.6 is 11.3 Å². The van der Waals surface area contributed by atoms with Crippen LogP contribution in [-0.4, -0.2) is 54.2 Å². The third kappa shape index (κ3) is 2.82. The largest absolute Gasteiger partial charge is 0.394 e. The predicted molar refractivity (Wildman–Crippen MR) is 76.6 cm³/mol. The number of aromatic nitrogens is 1. The summed E-state index contributed by atoms with van der Waals surface area (Å²) in [6.07, 6.45) is 2.87. The first-order chi connectivity index (χ1) is 9.04. The number of thiazole rings is 1. The molecule has 106 valence electrons. The third-order valence-electron chi connectivity index (χ3n) is 3.32. The number of hydrogen-bond acceptors (Lipinski definition) is 6. The van der Waals surface area contributed by atoms with Gasteiger partial charge >= 0.3 is 0 Å². The lowest BCUT2D eigenvalue weighted by atomic mass is 10.0. The maximum absolute atomic E-state index is 12.5. The summed E-state index contributed by atoms with van der Waals surface area (Å²) in [7, 11) is 3.73. The fourth-order valence-corrected chi connectivity index (χ4v) is 3.12. The first-order valence-electron chi connectivity index (χ1n) is 6.40. The molecule has 1 aliphatic heterocycles. The number of hydrogen-bond donors (Lipinski definition) is 2. The standard InChI is InChI=1S/C12H20N4O2S/c1-15(2)12-14-10(13)9(19-12)11(18)16-6-4-3-5-8(16)7-17/h8,17H,3-7,13H2,1-2H3. The van der Waals surface area contributed by atoms with Crippen LogP contribution in [0.3, 0.4) is 0 Å². The van der Waals surface area contributed by atoms with Crippen molar-refractivity contribution in [2.75, 3.05) is 37.9 Å². The summed E-state index contributed by atoms with van der Waals surface area (Å²) in [5, 5.41) is 10.1. The molecule has 0 spiro atoms. The SMILES string of the molecule is CN(C)c1nc(N)c(C(=O)N2CCCCC2CO)s1. The number of carbonyl (C=O) groups excluding carboxylic acids is 1. The average Bonchev–Trinajstić information content (AvgIpc) is 2.80. The second-order valence-corrected chi connectivity index (χ2v) is 5.91. The number of amides is 1. The van der Waals surface area contributed by atoms with E-state index in [0.717, 1.165) is 24.4 Å². The lowest BCUT2D eigenvalue weighted by Crippen LogP contribution is -2.45. The first-order valence-corrected chi connectivity index (χ1v) is 7.21. The molecule has 1 fully saturated rings. The molecule has 1 aromatic heterocycles. The first kappa shape index (κ1) is 14.1. The normalized spacial score (nSPS) is 19.5. The molecule has 0 aliphatic carbocycles. The molecule has 1 saturated heterocycles. The Morgan fingerprint density at radius 3 is 2.89 bits per heavy atom. The molecule has 2 rings (SSSR count). The average molecular weight is 284 g/mol. The number of nitrogens with zero attached hydrogens (tertiary/aromatic N) is 3. The Kier molecular flexibility index (Phi) is 4.26. The Hall–Kier alpha value is -1.34. The van der Waals surface area contributed by atoms with Crippen molar-refractivity contribution in [2.45, 2.75) is 25.3 Å². The Bertz CT molecular complexity index is 461. The molecule has 6 nitrogen and oxygen atoms in total. The molecule has 1 aromatic rings. The molecular weight excluding hydrogens is 264 g/mol. The third-order valence-corrected chi connectivity index (χ3v) is 4.54. The number of aliphatic hydroxyl groups excluding tert-OH is 1. The number of aliphatic hydroxyl groups is 1. The van der Waals surface area contributed by atoms with Crippen LogP contribution in [0.4, 0.5) is 10.9 Å². The fraction of sp³-hybridized carbons (Fsp3) is 0.667. The minimum atomic E-state index is -0.109. The molecule has 1 unspecified atom stereocenters. The zero-order chi connectivity index (χ0) is 14.0. The highest BCUT2D eigenvalue weighted by molar-refractivity contribution is 7.18. The summed E-state index contributed by atoms with van der Waals surface area (Å²) < 4.78 is 0. The Labute approximate surface area is 116 Å². The smallest absolute Gasteiger partial charge is 0.268 e. The van der Waals surface area contributed by atoms with Crippen LogP contribution in [-0.2, 0) is 0 Å². The fourth-order valence-electron chi connectivity index (χ4n) is 2.25. The lowest BCUT2D eigenvalue weighted by Gasteiger charge is -2.34. The van der Waals surface area contributed by atoms with Crippen molar-refractivity contribution in [2.24, 2.45) is 0 Å². The van der Waals surface area contributed by atoms with E-state index in [0.29, 0.717) is 11.4 Å². The highest BCUT2D eigenvalue weighted by Crippen LogP contribution is 2.30. The molecule has 0 bridgehead atoms. The Balaban J connectivity index is 2.22. The molecule has 0 aromatic carbocycles. The lowest BCUT2D eigenvalue weighted by molar-refractivity contribution is 0.0508. The molecule has 0 radical (unpaired) electrons. The van der Waals surface area contributed by atoms with Crippen molar-refractivity contribution in [3.05, 3.63) is 4.88 Å². The topological polar surface area (TPSA) is 82.7 Å². The number of anilines is 2.